The Balaban J connectivity index is 1.39. The van der Waals surface area contributed by atoms with Crippen LogP contribution in [0, 0.1) is 0 Å². The van der Waals surface area contributed by atoms with E-state index in [9.17, 15) is 9.59 Å². The molecule has 1 aromatic carbocycles. The van der Waals surface area contributed by atoms with E-state index in [2.05, 4.69) is 20.4 Å². The van der Waals surface area contributed by atoms with E-state index in [-0.39, 0.29) is 30.2 Å². The number of piperazine rings is 1. The van der Waals surface area contributed by atoms with Gasteiger partial charge in [0.1, 0.15) is 6.33 Å². The lowest BCUT2D eigenvalue weighted by Crippen LogP contribution is -2.51. The summed E-state index contributed by atoms with van der Waals surface area (Å²) in [5, 5.41) is 12.0. The van der Waals surface area contributed by atoms with Gasteiger partial charge < -0.3 is 19.7 Å². The van der Waals surface area contributed by atoms with Gasteiger partial charge in [0.05, 0.1) is 12.3 Å². The zero-order valence-corrected chi connectivity index (χ0v) is 18.1. The first kappa shape index (κ1) is 21.4. The summed E-state index contributed by atoms with van der Waals surface area (Å²) < 4.78 is 1.91. The molecule has 0 atom stereocenters. The lowest BCUT2D eigenvalue weighted by molar-refractivity contribution is -0.132. The van der Waals surface area contributed by atoms with E-state index < -0.39 is 0 Å². The quantitative estimate of drug-likeness (QED) is 0.669. The monoisotopic (exact) mass is 436 g/mol. The molecule has 1 aromatic heterocycles. The highest BCUT2D eigenvalue weighted by molar-refractivity contribution is 7.99. The summed E-state index contributed by atoms with van der Waals surface area (Å²) in [4.78, 5) is 28.5. The molecule has 1 N–H and O–H groups in total. The second kappa shape index (κ2) is 9.98. The van der Waals surface area contributed by atoms with E-state index in [0.717, 1.165) is 18.8 Å². The molecule has 3 rings (SSSR count). The molecule has 0 unspecified atom stereocenters. The molecule has 8 nitrogen and oxygen atoms in total. The van der Waals surface area contributed by atoms with Gasteiger partial charge in [-0.3, -0.25) is 9.59 Å². The van der Waals surface area contributed by atoms with Crippen LogP contribution in [-0.4, -0.2) is 70.0 Å². The number of carbonyl (C=O) groups is 2. The maximum absolute atomic E-state index is 12.4. The second-order valence-corrected chi connectivity index (χ2v) is 8.41. The fraction of sp³-hybridized carbons (Fsp3) is 0.474. The third kappa shape index (κ3) is 5.86. The van der Waals surface area contributed by atoms with Gasteiger partial charge in [-0.05, 0) is 32.0 Å². The molecule has 2 heterocycles. The van der Waals surface area contributed by atoms with Crippen molar-refractivity contribution in [1.29, 1.82) is 0 Å². The van der Waals surface area contributed by atoms with Gasteiger partial charge >= 0.3 is 0 Å². The van der Waals surface area contributed by atoms with Gasteiger partial charge in [0.15, 0.2) is 5.16 Å². The zero-order valence-electron chi connectivity index (χ0n) is 16.5. The van der Waals surface area contributed by atoms with E-state index in [0.29, 0.717) is 23.3 Å². The van der Waals surface area contributed by atoms with E-state index in [1.165, 1.54) is 11.8 Å². The van der Waals surface area contributed by atoms with Crippen LogP contribution >= 0.6 is 23.4 Å². The van der Waals surface area contributed by atoms with Gasteiger partial charge in [-0.2, -0.15) is 0 Å². The van der Waals surface area contributed by atoms with Crippen LogP contribution in [0.25, 0.3) is 0 Å². The first-order valence-electron chi connectivity index (χ1n) is 9.51. The first-order chi connectivity index (χ1) is 13.9. The number of amides is 2. The fourth-order valence-electron chi connectivity index (χ4n) is 3.04. The molecule has 156 valence electrons. The van der Waals surface area contributed by atoms with Crippen molar-refractivity contribution in [3.8, 4) is 0 Å². The fourth-order valence-corrected chi connectivity index (χ4v) is 4.10. The maximum atomic E-state index is 12.4. The Kier molecular flexibility index (Phi) is 7.38. The average molecular weight is 437 g/mol. The second-order valence-electron chi connectivity index (χ2n) is 7.03. The van der Waals surface area contributed by atoms with Crippen LogP contribution in [0.4, 0.5) is 5.69 Å². The molecule has 0 bridgehead atoms. The van der Waals surface area contributed by atoms with Crippen LogP contribution in [0.5, 0.6) is 0 Å². The summed E-state index contributed by atoms with van der Waals surface area (Å²) in [7, 11) is 0. The summed E-state index contributed by atoms with van der Waals surface area (Å²) >= 11 is 7.37. The number of rotatable bonds is 7. The van der Waals surface area contributed by atoms with Crippen LogP contribution in [0.15, 0.2) is 35.7 Å². The van der Waals surface area contributed by atoms with Crippen molar-refractivity contribution >= 4 is 40.9 Å². The predicted octanol–water partition coefficient (Wildman–Crippen LogP) is 2.07. The molecule has 2 aromatic rings. The molecule has 10 heteroatoms. The Labute approximate surface area is 179 Å². The first-order valence-corrected chi connectivity index (χ1v) is 10.9. The van der Waals surface area contributed by atoms with Crippen LogP contribution in [0.2, 0.25) is 5.02 Å². The Morgan fingerprint density at radius 2 is 2.00 bits per heavy atom. The Morgan fingerprint density at radius 3 is 2.69 bits per heavy atom. The number of hydrogen-bond acceptors (Lipinski definition) is 6. The number of anilines is 1. The Bertz CT molecular complexity index is 851. The minimum absolute atomic E-state index is 0.00737. The highest BCUT2D eigenvalue weighted by atomic mass is 35.5. The highest BCUT2D eigenvalue weighted by Gasteiger charge is 2.21. The molecule has 1 aliphatic heterocycles. The van der Waals surface area contributed by atoms with Gasteiger partial charge in [0.25, 0.3) is 0 Å². The van der Waals surface area contributed by atoms with Gasteiger partial charge in [-0.25, -0.2) is 0 Å². The summed E-state index contributed by atoms with van der Waals surface area (Å²) in [6.07, 6.45) is 1.65. The van der Waals surface area contributed by atoms with Crippen molar-refractivity contribution in [1.82, 2.24) is 25.0 Å². The van der Waals surface area contributed by atoms with Crippen molar-refractivity contribution < 1.29 is 9.59 Å². The number of hydrogen-bond donors (Lipinski definition) is 1. The van der Waals surface area contributed by atoms with Crippen molar-refractivity contribution in [2.75, 3.05) is 43.4 Å². The van der Waals surface area contributed by atoms with Crippen LogP contribution in [-0.2, 0) is 9.59 Å². The van der Waals surface area contributed by atoms with Gasteiger partial charge in [-0.1, -0.05) is 29.4 Å². The molecule has 0 aliphatic carbocycles. The number of nitrogens with one attached hydrogen (secondary N) is 1. The standard InChI is InChI=1S/C19H25ClN6O2S/c1-14(2)26-13-22-23-19(26)29-12-17(27)21-11-18(28)25-8-6-24(7-9-25)16-5-3-4-15(20)10-16/h3-5,10,13-14H,6-9,11-12H2,1-2H3,(H,21,27). The zero-order chi connectivity index (χ0) is 20.8. The van der Waals surface area contributed by atoms with Crippen LogP contribution in [0.1, 0.15) is 19.9 Å². The Morgan fingerprint density at radius 1 is 1.24 bits per heavy atom. The van der Waals surface area contributed by atoms with Crippen molar-refractivity contribution in [3.63, 3.8) is 0 Å². The third-order valence-corrected chi connectivity index (χ3v) is 5.86. The van der Waals surface area contributed by atoms with E-state index in [1.807, 2.05) is 42.7 Å². The lowest BCUT2D eigenvalue weighted by atomic mass is 10.2. The van der Waals surface area contributed by atoms with E-state index in [1.54, 1.807) is 11.2 Å². The predicted molar refractivity (Wildman–Crippen MR) is 114 cm³/mol. The molecular formula is C19H25ClN6O2S. The number of thioether (sulfide) groups is 1. The molecule has 1 aliphatic rings. The number of benzene rings is 1. The van der Waals surface area contributed by atoms with E-state index >= 15 is 0 Å². The maximum Gasteiger partial charge on any atom is 0.242 e. The van der Waals surface area contributed by atoms with E-state index in [4.69, 9.17) is 11.6 Å². The smallest absolute Gasteiger partial charge is 0.242 e. The summed E-state index contributed by atoms with van der Waals surface area (Å²) in [5.41, 5.74) is 1.06. The molecule has 0 saturated carbocycles. The van der Waals surface area contributed by atoms with Gasteiger partial charge in [-0.15, -0.1) is 10.2 Å². The summed E-state index contributed by atoms with van der Waals surface area (Å²) in [6, 6.07) is 7.94. The molecule has 2 amide bonds. The molecule has 29 heavy (non-hydrogen) atoms. The minimum Gasteiger partial charge on any atom is -0.368 e. The lowest BCUT2D eigenvalue weighted by Gasteiger charge is -2.36. The van der Waals surface area contributed by atoms with Crippen molar-refractivity contribution in [2.24, 2.45) is 0 Å². The van der Waals surface area contributed by atoms with Crippen LogP contribution in [0.3, 0.4) is 0 Å². The Hall–Kier alpha value is -2.26. The van der Waals surface area contributed by atoms with Crippen molar-refractivity contribution in [2.45, 2.75) is 25.0 Å². The number of halogens is 1. The molecular weight excluding hydrogens is 412 g/mol. The molecule has 0 radical (unpaired) electrons. The third-order valence-electron chi connectivity index (χ3n) is 4.67. The summed E-state index contributed by atoms with van der Waals surface area (Å²) in [5.74, 6) is -0.0695. The largest absolute Gasteiger partial charge is 0.368 e. The number of carbonyl (C=O) groups excluding carboxylic acids is 2. The van der Waals surface area contributed by atoms with Gasteiger partial charge in [0, 0.05) is 42.9 Å². The number of aromatic nitrogens is 3. The van der Waals surface area contributed by atoms with Crippen molar-refractivity contribution in [3.05, 3.63) is 35.6 Å². The highest BCUT2D eigenvalue weighted by Crippen LogP contribution is 2.21. The topological polar surface area (TPSA) is 83.4 Å². The molecule has 1 saturated heterocycles. The SMILES string of the molecule is CC(C)n1cnnc1SCC(=O)NCC(=O)N1CCN(c2cccc(Cl)c2)CC1. The normalized spacial score (nSPS) is 14.3. The molecule has 0 spiro atoms. The minimum atomic E-state index is -0.195. The number of nitrogens with zero attached hydrogens (tertiary/aromatic N) is 5. The van der Waals surface area contributed by atoms with Gasteiger partial charge in [0.2, 0.25) is 11.8 Å². The summed E-state index contributed by atoms with van der Waals surface area (Å²) in [6.45, 7) is 6.77. The van der Waals surface area contributed by atoms with Crippen LogP contribution < -0.4 is 10.2 Å². The molecule has 1 fully saturated rings. The average Bonchev–Trinajstić information content (AvgIpc) is 3.19.